The van der Waals surface area contributed by atoms with E-state index in [0.717, 1.165) is 16.8 Å². The number of rotatable bonds is 5. The minimum Gasteiger partial charge on any atom is -0.302 e. The summed E-state index contributed by atoms with van der Waals surface area (Å²) in [4.78, 5) is 16.7. The van der Waals surface area contributed by atoms with Crippen LogP contribution in [0.1, 0.15) is 28.7 Å². The van der Waals surface area contributed by atoms with Crippen LogP contribution >= 0.6 is 11.3 Å². The highest BCUT2D eigenvalue weighted by molar-refractivity contribution is 7.14. The molecule has 0 bridgehead atoms. The molecular weight excluding hydrogens is 342 g/mol. The third kappa shape index (κ3) is 4.35. The van der Waals surface area contributed by atoms with Gasteiger partial charge in [0.05, 0.1) is 17.3 Å². The Labute approximate surface area is 157 Å². The number of hydrogen-bond acceptors (Lipinski definition) is 4. The number of amides is 1. The first-order valence-corrected chi connectivity index (χ1v) is 9.25. The second kappa shape index (κ2) is 7.94. The molecule has 0 saturated heterocycles. The summed E-state index contributed by atoms with van der Waals surface area (Å²) >= 11 is 1.43. The van der Waals surface area contributed by atoms with Gasteiger partial charge in [0.25, 0.3) is 0 Å². The van der Waals surface area contributed by atoms with Crippen LogP contribution in [0.2, 0.25) is 0 Å². The lowest BCUT2D eigenvalue weighted by Crippen LogP contribution is -2.12. The van der Waals surface area contributed by atoms with E-state index in [-0.39, 0.29) is 5.91 Å². The molecule has 3 rings (SSSR count). The number of hydrogen-bond donors (Lipinski definition) is 1. The van der Waals surface area contributed by atoms with Gasteiger partial charge in [-0.1, -0.05) is 24.3 Å². The Kier molecular flexibility index (Phi) is 5.45. The minimum absolute atomic E-state index is 0.0599. The van der Waals surface area contributed by atoms with E-state index in [0.29, 0.717) is 23.5 Å². The summed E-state index contributed by atoms with van der Waals surface area (Å²) in [5, 5.41) is 14.2. The quantitative estimate of drug-likeness (QED) is 0.705. The second-order valence-corrected chi connectivity index (χ2v) is 7.05. The van der Waals surface area contributed by atoms with Crippen LogP contribution in [-0.2, 0) is 11.2 Å². The van der Waals surface area contributed by atoms with E-state index in [1.54, 1.807) is 12.1 Å². The molecule has 130 valence electrons. The predicted molar refractivity (Wildman–Crippen MR) is 105 cm³/mol. The Morgan fingerprint density at radius 2 is 1.92 bits per heavy atom. The summed E-state index contributed by atoms with van der Waals surface area (Å²) in [6.07, 6.45) is 1.01. The molecule has 3 aromatic rings. The number of carbonyl (C=O) groups excluding carboxylic acids is 1. The van der Waals surface area contributed by atoms with Crippen molar-refractivity contribution >= 4 is 22.4 Å². The van der Waals surface area contributed by atoms with Crippen molar-refractivity contribution in [2.24, 2.45) is 0 Å². The molecule has 1 amide bonds. The molecule has 0 atom stereocenters. The van der Waals surface area contributed by atoms with Crippen LogP contribution in [0.4, 0.5) is 5.13 Å². The lowest BCUT2D eigenvalue weighted by Gasteiger charge is -2.03. The monoisotopic (exact) mass is 361 g/mol. The number of benzene rings is 2. The molecule has 2 aromatic carbocycles. The van der Waals surface area contributed by atoms with Crippen LogP contribution in [0.3, 0.4) is 0 Å². The van der Waals surface area contributed by atoms with Gasteiger partial charge < -0.3 is 5.32 Å². The molecule has 1 heterocycles. The van der Waals surface area contributed by atoms with Gasteiger partial charge in [0.15, 0.2) is 5.13 Å². The fourth-order valence-electron chi connectivity index (χ4n) is 2.55. The van der Waals surface area contributed by atoms with Crippen molar-refractivity contribution in [2.75, 3.05) is 5.32 Å². The van der Waals surface area contributed by atoms with Crippen molar-refractivity contribution in [3.8, 4) is 17.3 Å². The van der Waals surface area contributed by atoms with Gasteiger partial charge in [-0.3, -0.25) is 4.79 Å². The number of nitrogens with zero attached hydrogens (tertiary/aromatic N) is 2. The second-order valence-electron chi connectivity index (χ2n) is 6.19. The van der Waals surface area contributed by atoms with Gasteiger partial charge in [0, 0.05) is 17.4 Å². The molecule has 4 nitrogen and oxygen atoms in total. The molecule has 26 heavy (non-hydrogen) atoms. The molecule has 0 aliphatic heterocycles. The third-order valence-corrected chi connectivity index (χ3v) is 5.03. The molecule has 0 aliphatic carbocycles. The van der Waals surface area contributed by atoms with Crippen molar-refractivity contribution in [2.45, 2.75) is 26.7 Å². The average molecular weight is 361 g/mol. The molecular formula is C21H19N3OS. The molecule has 0 radical (unpaired) electrons. The molecule has 0 unspecified atom stereocenters. The number of nitrogens with one attached hydrogen (secondary N) is 1. The van der Waals surface area contributed by atoms with E-state index < -0.39 is 0 Å². The zero-order valence-electron chi connectivity index (χ0n) is 14.7. The van der Waals surface area contributed by atoms with Crippen LogP contribution in [0.25, 0.3) is 11.3 Å². The van der Waals surface area contributed by atoms with E-state index in [1.165, 1.54) is 22.5 Å². The van der Waals surface area contributed by atoms with Crippen LogP contribution in [0.15, 0.2) is 47.8 Å². The van der Waals surface area contributed by atoms with Gasteiger partial charge in [0.1, 0.15) is 0 Å². The Hall–Kier alpha value is -2.97. The smallest absolute Gasteiger partial charge is 0.226 e. The maximum atomic E-state index is 12.2. The molecule has 1 aromatic heterocycles. The van der Waals surface area contributed by atoms with Crippen LogP contribution in [-0.4, -0.2) is 10.9 Å². The molecule has 0 fully saturated rings. The molecule has 1 N–H and O–H groups in total. The van der Waals surface area contributed by atoms with Gasteiger partial charge >= 0.3 is 0 Å². The number of anilines is 1. The van der Waals surface area contributed by atoms with Gasteiger partial charge in [-0.25, -0.2) is 4.98 Å². The summed E-state index contributed by atoms with van der Waals surface area (Å²) in [6, 6.07) is 15.6. The Bertz CT molecular complexity index is 968. The Morgan fingerprint density at radius 1 is 1.15 bits per heavy atom. The van der Waals surface area contributed by atoms with Gasteiger partial charge in [0.2, 0.25) is 5.91 Å². The van der Waals surface area contributed by atoms with Gasteiger partial charge in [-0.2, -0.15) is 5.26 Å². The summed E-state index contributed by atoms with van der Waals surface area (Å²) in [5.41, 5.74) is 6.07. The van der Waals surface area contributed by atoms with Crippen LogP contribution < -0.4 is 5.32 Å². The number of aromatic nitrogens is 1. The third-order valence-electron chi connectivity index (χ3n) is 4.28. The number of aryl methyl sites for hydroxylation is 3. The summed E-state index contributed by atoms with van der Waals surface area (Å²) < 4.78 is 0. The summed E-state index contributed by atoms with van der Waals surface area (Å²) in [5.74, 6) is -0.0599. The zero-order valence-corrected chi connectivity index (χ0v) is 15.6. The van der Waals surface area contributed by atoms with Crippen molar-refractivity contribution in [1.29, 1.82) is 5.26 Å². The summed E-state index contributed by atoms with van der Waals surface area (Å²) in [6.45, 7) is 4.16. The van der Waals surface area contributed by atoms with Gasteiger partial charge in [-0.05, 0) is 55.2 Å². The number of carbonyl (C=O) groups is 1. The Morgan fingerprint density at radius 3 is 2.62 bits per heavy atom. The van der Waals surface area contributed by atoms with Crippen LogP contribution in [0.5, 0.6) is 0 Å². The van der Waals surface area contributed by atoms with E-state index in [9.17, 15) is 4.79 Å². The zero-order chi connectivity index (χ0) is 18.5. The number of thiazole rings is 1. The average Bonchev–Trinajstić information content (AvgIpc) is 3.11. The largest absolute Gasteiger partial charge is 0.302 e. The predicted octanol–water partition coefficient (Wildman–Crippen LogP) is 4.87. The highest BCUT2D eigenvalue weighted by Gasteiger charge is 2.09. The first kappa shape index (κ1) is 17.8. The Balaban J connectivity index is 1.58. The molecule has 5 heteroatoms. The first-order chi connectivity index (χ1) is 12.5. The summed E-state index contributed by atoms with van der Waals surface area (Å²) in [7, 11) is 0. The normalized spacial score (nSPS) is 10.3. The van der Waals surface area contributed by atoms with Crippen molar-refractivity contribution in [3.05, 3.63) is 70.1 Å². The SMILES string of the molecule is Cc1ccc(-c2csc(NC(=O)CCc3ccc(C#N)cc3)n2)cc1C. The van der Waals surface area contributed by atoms with E-state index in [1.807, 2.05) is 23.6 Å². The standard InChI is InChI=1S/C21H19N3OS/c1-14-3-9-18(11-15(14)2)19-13-26-21(23-19)24-20(25)10-8-16-4-6-17(12-22)7-5-16/h3-7,9,11,13H,8,10H2,1-2H3,(H,23,24,25). The molecule has 0 aliphatic rings. The molecule has 0 saturated carbocycles. The van der Waals surface area contributed by atoms with Crippen molar-refractivity contribution < 1.29 is 4.79 Å². The highest BCUT2D eigenvalue weighted by atomic mass is 32.1. The maximum absolute atomic E-state index is 12.2. The van der Waals surface area contributed by atoms with E-state index in [2.05, 4.69) is 42.4 Å². The lowest BCUT2D eigenvalue weighted by atomic mass is 10.1. The fraction of sp³-hybridized carbons (Fsp3) is 0.190. The lowest BCUT2D eigenvalue weighted by molar-refractivity contribution is -0.116. The topological polar surface area (TPSA) is 65.8 Å². The van der Waals surface area contributed by atoms with Crippen molar-refractivity contribution in [3.63, 3.8) is 0 Å². The first-order valence-electron chi connectivity index (χ1n) is 8.37. The van der Waals surface area contributed by atoms with Crippen molar-refractivity contribution in [1.82, 2.24) is 4.98 Å². The highest BCUT2D eigenvalue weighted by Crippen LogP contribution is 2.26. The molecule has 0 spiro atoms. The fourth-order valence-corrected chi connectivity index (χ4v) is 3.29. The van der Waals surface area contributed by atoms with E-state index in [4.69, 9.17) is 5.26 Å². The maximum Gasteiger partial charge on any atom is 0.226 e. The number of nitriles is 1. The van der Waals surface area contributed by atoms with Gasteiger partial charge in [-0.15, -0.1) is 11.3 Å². The van der Waals surface area contributed by atoms with E-state index >= 15 is 0 Å². The van der Waals surface area contributed by atoms with Crippen LogP contribution in [0, 0.1) is 25.2 Å². The minimum atomic E-state index is -0.0599.